The van der Waals surface area contributed by atoms with E-state index in [-0.39, 0.29) is 6.04 Å². The quantitative estimate of drug-likeness (QED) is 0.213. The van der Waals surface area contributed by atoms with E-state index in [0.717, 1.165) is 38.5 Å². The number of carbonyl (C=O) groups is 4. The van der Waals surface area contributed by atoms with Crippen LogP contribution in [0.4, 0.5) is 0 Å². The van der Waals surface area contributed by atoms with Crippen LogP contribution in [0.15, 0.2) is 79.0 Å². The van der Waals surface area contributed by atoms with Gasteiger partial charge in [-0.3, -0.25) is 9.80 Å². The molecule has 1 aliphatic rings. The maximum atomic E-state index is 10.5. The van der Waals surface area contributed by atoms with Crippen molar-refractivity contribution in [2.24, 2.45) is 0 Å². The van der Waals surface area contributed by atoms with E-state index in [0.29, 0.717) is 13.2 Å². The molecule has 0 spiro atoms. The highest BCUT2D eigenvalue weighted by molar-refractivity contribution is 6.27. The Morgan fingerprint density at radius 2 is 1.40 bits per heavy atom. The van der Waals surface area contributed by atoms with Crippen LogP contribution >= 0.6 is 0 Å². The minimum atomic E-state index is -1.82. The van der Waals surface area contributed by atoms with Crippen molar-refractivity contribution in [2.75, 3.05) is 39.3 Å². The van der Waals surface area contributed by atoms with E-state index in [1.807, 2.05) is 30.3 Å². The monoisotopic (exact) mass is 599 g/mol. The molecule has 0 saturated heterocycles. The van der Waals surface area contributed by atoms with Gasteiger partial charge in [-0.25, -0.2) is 19.2 Å². The molecule has 13 nitrogen and oxygen atoms in total. The molecule has 2 heterocycles. The van der Waals surface area contributed by atoms with Crippen LogP contribution in [0.1, 0.15) is 24.2 Å². The Bertz CT molecular complexity index is 1250. The van der Waals surface area contributed by atoms with Gasteiger partial charge in [0.25, 0.3) is 0 Å². The second-order valence-corrected chi connectivity index (χ2v) is 9.37. The standard InChI is InChI=1S/C26H33N3O2.2C2H2O4/c1-2-27(20-23(30)21-31-24-12-7-4-8-13-24)16-17-29-19-18-28-15-9-14-25(28)26(29)22-10-5-3-6-11-22;2*3-1(4)2(5)6/h3-15,23,26,30H,2,16-21H2,1H3;2*(H,3,4)(H,5,6). The Hall–Kier alpha value is -4.72. The molecule has 2 aromatic carbocycles. The topological polar surface area (TPSA) is 190 Å². The van der Waals surface area contributed by atoms with E-state index < -0.39 is 30.0 Å². The van der Waals surface area contributed by atoms with E-state index in [1.165, 1.54) is 11.3 Å². The van der Waals surface area contributed by atoms with Gasteiger partial charge in [-0.1, -0.05) is 55.5 Å². The Morgan fingerprint density at radius 3 is 1.93 bits per heavy atom. The molecule has 0 fully saturated rings. The van der Waals surface area contributed by atoms with E-state index in [1.54, 1.807) is 0 Å². The van der Waals surface area contributed by atoms with Gasteiger partial charge in [-0.2, -0.15) is 0 Å². The fourth-order valence-corrected chi connectivity index (χ4v) is 4.40. The number of aliphatic hydroxyl groups excluding tert-OH is 1. The fraction of sp³-hybridized carbons (Fsp3) is 0.333. The maximum absolute atomic E-state index is 10.5. The highest BCUT2D eigenvalue weighted by Crippen LogP contribution is 2.32. The first kappa shape index (κ1) is 34.5. The molecule has 0 saturated carbocycles. The molecular formula is C30H37N3O10. The van der Waals surface area contributed by atoms with Gasteiger partial charge in [0.1, 0.15) is 18.5 Å². The second-order valence-electron chi connectivity index (χ2n) is 9.37. The summed E-state index contributed by atoms with van der Waals surface area (Å²) >= 11 is 0. The highest BCUT2D eigenvalue weighted by Gasteiger charge is 2.28. The molecule has 13 heteroatoms. The third kappa shape index (κ3) is 12.0. The Kier molecular flexibility index (Phi) is 14.4. The lowest BCUT2D eigenvalue weighted by Crippen LogP contribution is -2.44. The van der Waals surface area contributed by atoms with Crippen molar-refractivity contribution in [1.29, 1.82) is 0 Å². The van der Waals surface area contributed by atoms with Crippen LogP contribution in [-0.4, -0.2) is 109 Å². The third-order valence-corrected chi connectivity index (χ3v) is 6.42. The minimum Gasteiger partial charge on any atom is -0.491 e. The average molecular weight is 600 g/mol. The summed E-state index contributed by atoms with van der Waals surface area (Å²) < 4.78 is 8.09. The van der Waals surface area contributed by atoms with Gasteiger partial charge < -0.3 is 34.8 Å². The fourth-order valence-electron chi connectivity index (χ4n) is 4.40. The number of hydrogen-bond acceptors (Lipinski definition) is 8. The zero-order chi connectivity index (χ0) is 31.8. The molecule has 3 aromatic rings. The van der Waals surface area contributed by atoms with Gasteiger partial charge in [0, 0.05) is 44.6 Å². The zero-order valence-electron chi connectivity index (χ0n) is 23.7. The van der Waals surface area contributed by atoms with Crippen LogP contribution in [0.5, 0.6) is 5.75 Å². The SMILES string of the molecule is CCN(CCN1CCn2cccc2C1c1ccccc1)CC(O)COc1ccccc1.O=C(O)C(=O)O.O=C(O)C(=O)O. The van der Waals surface area contributed by atoms with Gasteiger partial charge in [-0.15, -0.1) is 0 Å². The molecule has 1 aliphatic heterocycles. The van der Waals surface area contributed by atoms with Crippen molar-refractivity contribution in [2.45, 2.75) is 25.6 Å². The number of hydrogen-bond donors (Lipinski definition) is 5. The maximum Gasteiger partial charge on any atom is 0.414 e. The van der Waals surface area contributed by atoms with Crippen LogP contribution in [0.25, 0.3) is 0 Å². The molecule has 0 radical (unpaired) electrons. The Morgan fingerprint density at radius 1 is 0.837 bits per heavy atom. The number of para-hydroxylation sites is 1. The molecule has 5 N–H and O–H groups in total. The van der Waals surface area contributed by atoms with Crippen LogP contribution in [0.3, 0.4) is 0 Å². The van der Waals surface area contributed by atoms with Gasteiger partial charge in [0.05, 0.1) is 6.04 Å². The Balaban J connectivity index is 0.000000455. The largest absolute Gasteiger partial charge is 0.491 e. The second kappa shape index (κ2) is 18.0. The van der Waals surface area contributed by atoms with Crippen molar-refractivity contribution in [3.63, 3.8) is 0 Å². The minimum absolute atomic E-state index is 0.273. The molecule has 4 rings (SSSR count). The lowest BCUT2D eigenvalue weighted by molar-refractivity contribution is -0.159. The van der Waals surface area contributed by atoms with Crippen LogP contribution in [0.2, 0.25) is 0 Å². The van der Waals surface area contributed by atoms with E-state index in [9.17, 15) is 5.11 Å². The first-order chi connectivity index (χ1) is 20.5. The number of carboxylic acids is 4. The molecular weight excluding hydrogens is 562 g/mol. The normalized spacial score (nSPS) is 14.6. The predicted octanol–water partition coefficient (Wildman–Crippen LogP) is 1.97. The number of rotatable bonds is 10. The highest BCUT2D eigenvalue weighted by atomic mass is 16.5. The molecule has 2 atom stereocenters. The average Bonchev–Trinajstić information content (AvgIpc) is 3.48. The van der Waals surface area contributed by atoms with E-state index in [4.69, 9.17) is 44.3 Å². The van der Waals surface area contributed by atoms with Gasteiger partial charge in [0.2, 0.25) is 0 Å². The smallest absolute Gasteiger partial charge is 0.414 e. The van der Waals surface area contributed by atoms with Crippen molar-refractivity contribution >= 4 is 23.9 Å². The summed E-state index contributed by atoms with van der Waals surface area (Å²) in [6.45, 7) is 7.91. The molecule has 0 aliphatic carbocycles. The van der Waals surface area contributed by atoms with E-state index >= 15 is 0 Å². The zero-order valence-corrected chi connectivity index (χ0v) is 23.7. The summed E-state index contributed by atoms with van der Waals surface area (Å²) in [5.41, 5.74) is 2.69. The summed E-state index contributed by atoms with van der Waals surface area (Å²) in [6, 6.07) is 25.1. The lowest BCUT2D eigenvalue weighted by Gasteiger charge is -2.38. The predicted molar refractivity (Wildman–Crippen MR) is 155 cm³/mol. The number of aliphatic carboxylic acids is 4. The number of benzene rings is 2. The summed E-state index contributed by atoms with van der Waals surface area (Å²) in [5, 5.41) is 40.1. The van der Waals surface area contributed by atoms with Gasteiger partial charge in [-0.05, 0) is 36.4 Å². The summed E-state index contributed by atoms with van der Waals surface area (Å²) in [7, 11) is 0. The van der Waals surface area contributed by atoms with Gasteiger partial charge in [0.15, 0.2) is 0 Å². The molecule has 232 valence electrons. The lowest BCUT2D eigenvalue weighted by atomic mass is 10.00. The molecule has 2 unspecified atom stereocenters. The van der Waals surface area contributed by atoms with Crippen molar-refractivity contribution < 1.29 is 49.4 Å². The van der Waals surface area contributed by atoms with Crippen molar-refractivity contribution in [1.82, 2.24) is 14.4 Å². The first-order valence-corrected chi connectivity index (χ1v) is 13.5. The summed E-state index contributed by atoms with van der Waals surface area (Å²) in [5.74, 6) is -6.50. The van der Waals surface area contributed by atoms with Crippen molar-refractivity contribution in [3.8, 4) is 5.75 Å². The number of ether oxygens (including phenoxy) is 1. The molecule has 43 heavy (non-hydrogen) atoms. The number of carboxylic acid groups (broad SMARTS) is 4. The van der Waals surface area contributed by atoms with Crippen LogP contribution in [-0.2, 0) is 25.7 Å². The number of aliphatic hydroxyl groups is 1. The van der Waals surface area contributed by atoms with Crippen LogP contribution in [0, 0.1) is 0 Å². The number of fused-ring (bicyclic) bond motifs is 1. The molecule has 0 amide bonds. The van der Waals surface area contributed by atoms with Crippen molar-refractivity contribution in [3.05, 3.63) is 90.3 Å². The number of likely N-dealkylation sites (N-methyl/N-ethyl adjacent to an activating group) is 1. The van der Waals surface area contributed by atoms with Gasteiger partial charge >= 0.3 is 23.9 Å². The third-order valence-electron chi connectivity index (χ3n) is 6.42. The summed E-state index contributed by atoms with van der Waals surface area (Å²) in [4.78, 5) is 41.3. The summed E-state index contributed by atoms with van der Waals surface area (Å²) in [6.07, 6.45) is 1.67. The molecule has 1 aromatic heterocycles. The van der Waals surface area contributed by atoms with E-state index in [2.05, 4.69) is 70.0 Å². The number of aromatic nitrogens is 1. The van der Waals surface area contributed by atoms with Crippen LogP contribution < -0.4 is 4.74 Å². The Labute approximate surface area is 248 Å². The number of nitrogens with zero attached hydrogens (tertiary/aromatic N) is 3. The first-order valence-electron chi connectivity index (χ1n) is 13.5. The molecule has 0 bridgehead atoms.